The Hall–Kier alpha value is -2.66. The maximum absolute atomic E-state index is 11.8. The summed E-state index contributed by atoms with van der Waals surface area (Å²) in [5.74, 6) is -0.231. The third-order valence-corrected chi connectivity index (χ3v) is 5.54. The number of fused-ring (bicyclic) bond motifs is 2. The van der Waals surface area contributed by atoms with E-state index < -0.39 is 11.9 Å². The van der Waals surface area contributed by atoms with Gasteiger partial charge in [0.25, 0.3) is 0 Å². The van der Waals surface area contributed by atoms with E-state index in [0.717, 1.165) is 49.0 Å². The van der Waals surface area contributed by atoms with Gasteiger partial charge in [-0.2, -0.15) is 0 Å². The van der Waals surface area contributed by atoms with Crippen molar-refractivity contribution in [2.75, 3.05) is 13.1 Å². The number of hydrogen-bond acceptors (Lipinski definition) is 5. The van der Waals surface area contributed by atoms with Crippen LogP contribution in [0.1, 0.15) is 49.9 Å². The summed E-state index contributed by atoms with van der Waals surface area (Å²) in [6, 6.07) is 10.4. The molecule has 4 rings (SSSR count). The smallest absolute Gasteiger partial charge is 0.308 e. The van der Waals surface area contributed by atoms with E-state index in [1.807, 2.05) is 6.07 Å². The molecule has 0 amide bonds. The van der Waals surface area contributed by atoms with Crippen molar-refractivity contribution >= 4 is 11.9 Å². The summed E-state index contributed by atoms with van der Waals surface area (Å²) in [6.07, 6.45) is 2.99. The molecule has 0 radical (unpaired) electrons. The first-order valence-electron chi connectivity index (χ1n) is 9.88. The average molecular weight is 379 g/mol. The summed E-state index contributed by atoms with van der Waals surface area (Å²) in [7, 11) is 0. The molecule has 0 fully saturated rings. The van der Waals surface area contributed by atoms with Crippen molar-refractivity contribution in [3.63, 3.8) is 0 Å². The van der Waals surface area contributed by atoms with Gasteiger partial charge in [0.05, 0.1) is 0 Å². The predicted molar refractivity (Wildman–Crippen MR) is 107 cm³/mol. The number of rotatable bonds is 4. The Morgan fingerprint density at radius 1 is 1.07 bits per heavy atom. The Morgan fingerprint density at radius 3 is 2.57 bits per heavy atom. The molecule has 0 N–H and O–H groups in total. The number of benzene rings is 2. The molecule has 0 unspecified atom stereocenters. The Labute approximate surface area is 165 Å². The van der Waals surface area contributed by atoms with Crippen LogP contribution < -0.4 is 9.47 Å². The van der Waals surface area contributed by atoms with Crippen molar-refractivity contribution in [3.05, 3.63) is 47.0 Å². The van der Waals surface area contributed by atoms with Gasteiger partial charge in [0.2, 0.25) is 0 Å². The van der Waals surface area contributed by atoms with Crippen LogP contribution in [0.25, 0.3) is 11.1 Å². The molecule has 0 spiro atoms. The van der Waals surface area contributed by atoms with Gasteiger partial charge in [0.15, 0.2) is 11.5 Å². The minimum absolute atomic E-state index is 0.290. The maximum atomic E-state index is 11.8. The second-order valence-electron chi connectivity index (χ2n) is 7.50. The molecule has 1 aliphatic carbocycles. The van der Waals surface area contributed by atoms with Crippen LogP contribution in [-0.4, -0.2) is 29.9 Å². The van der Waals surface area contributed by atoms with Gasteiger partial charge in [0.1, 0.15) is 0 Å². The lowest BCUT2D eigenvalue weighted by Crippen LogP contribution is -2.38. The number of carbonyl (C=O) groups excluding carboxylic acids is 2. The number of ether oxygens (including phenoxy) is 2. The second kappa shape index (κ2) is 7.40. The van der Waals surface area contributed by atoms with Crippen LogP contribution in [0.4, 0.5) is 0 Å². The summed E-state index contributed by atoms with van der Waals surface area (Å²) in [5, 5.41) is 0. The fourth-order valence-corrected chi connectivity index (χ4v) is 4.59. The Bertz CT molecular complexity index is 950. The quantitative estimate of drug-likeness (QED) is 0.592. The molecular weight excluding hydrogens is 354 g/mol. The molecule has 5 heteroatoms. The lowest BCUT2D eigenvalue weighted by Gasteiger charge is -2.42. The van der Waals surface area contributed by atoms with Crippen molar-refractivity contribution in [2.45, 2.75) is 46.1 Å². The molecule has 0 saturated carbocycles. The molecule has 0 aromatic heterocycles. The Morgan fingerprint density at radius 2 is 1.86 bits per heavy atom. The van der Waals surface area contributed by atoms with E-state index in [0.29, 0.717) is 17.5 Å². The van der Waals surface area contributed by atoms with Crippen LogP contribution in [0.2, 0.25) is 0 Å². The van der Waals surface area contributed by atoms with E-state index in [1.54, 1.807) is 6.07 Å². The maximum Gasteiger partial charge on any atom is 0.308 e. The second-order valence-corrected chi connectivity index (χ2v) is 7.50. The number of esters is 2. The van der Waals surface area contributed by atoms with Gasteiger partial charge in [-0.05, 0) is 54.1 Å². The van der Waals surface area contributed by atoms with Crippen LogP contribution in [0.3, 0.4) is 0 Å². The lowest BCUT2D eigenvalue weighted by molar-refractivity contribution is -0.134. The van der Waals surface area contributed by atoms with Crippen molar-refractivity contribution in [1.29, 1.82) is 0 Å². The highest BCUT2D eigenvalue weighted by atomic mass is 16.6. The highest BCUT2D eigenvalue weighted by Crippen LogP contribution is 2.51. The summed E-state index contributed by atoms with van der Waals surface area (Å²) >= 11 is 0. The highest BCUT2D eigenvalue weighted by molar-refractivity contribution is 5.86. The van der Waals surface area contributed by atoms with Crippen molar-refractivity contribution in [2.24, 2.45) is 0 Å². The number of hydrogen-bond donors (Lipinski definition) is 0. The fraction of sp³-hybridized carbons (Fsp3) is 0.391. The molecule has 0 bridgehead atoms. The van der Waals surface area contributed by atoms with E-state index in [9.17, 15) is 9.59 Å². The van der Waals surface area contributed by atoms with Gasteiger partial charge in [0, 0.05) is 32.0 Å². The van der Waals surface area contributed by atoms with Gasteiger partial charge in [-0.1, -0.05) is 31.2 Å². The molecule has 1 atom stereocenters. The highest BCUT2D eigenvalue weighted by Gasteiger charge is 2.36. The Kier molecular flexibility index (Phi) is 4.94. The van der Waals surface area contributed by atoms with Crippen LogP contribution in [0.15, 0.2) is 30.3 Å². The third-order valence-electron chi connectivity index (χ3n) is 5.54. The molecule has 146 valence electrons. The first kappa shape index (κ1) is 18.7. The van der Waals surface area contributed by atoms with E-state index in [2.05, 4.69) is 30.0 Å². The van der Waals surface area contributed by atoms with E-state index in [1.165, 1.54) is 25.0 Å². The number of nitrogens with zero attached hydrogens (tertiary/aromatic N) is 1. The Balaban J connectivity index is 1.92. The first-order chi connectivity index (χ1) is 13.5. The zero-order valence-corrected chi connectivity index (χ0v) is 16.6. The SMILES string of the molecule is CCCN1CCc2cccc3c2[C@H]1Cc1ccc(OC(C)=O)c(OC(C)=O)c1-3. The van der Waals surface area contributed by atoms with Gasteiger partial charge in [-0.25, -0.2) is 0 Å². The van der Waals surface area contributed by atoms with Crippen molar-refractivity contribution in [1.82, 2.24) is 4.90 Å². The topological polar surface area (TPSA) is 55.8 Å². The monoisotopic (exact) mass is 379 g/mol. The molecule has 0 saturated heterocycles. The minimum atomic E-state index is -0.439. The number of carbonyl (C=O) groups is 2. The standard InChI is InChI=1S/C23H25NO4/c1-4-11-24-12-10-16-6-5-7-18-21(16)19(24)13-17-8-9-20(27-14(2)25)23(22(17)18)28-15(3)26/h5-9,19H,4,10-13H2,1-3H3/t19-/m1/s1. The molecule has 1 aliphatic heterocycles. The molecule has 2 aromatic carbocycles. The largest absolute Gasteiger partial charge is 0.423 e. The van der Waals surface area contributed by atoms with Gasteiger partial charge in [-0.15, -0.1) is 0 Å². The van der Waals surface area contributed by atoms with E-state index >= 15 is 0 Å². The summed E-state index contributed by atoms with van der Waals surface area (Å²) < 4.78 is 10.9. The zero-order valence-electron chi connectivity index (χ0n) is 16.6. The molecule has 2 aromatic rings. The molecular formula is C23H25NO4. The lowest BCUT2D eigenvalue weighted by atomic mass is 9.76. The third kappa shape index (κ3) is 3.20. The van der Waals surface area contributed by atoms with Crippen LogP contribution in [0, 0.1) is 0 Å². The predicted octanol–water partition coefficient (Wildman–Crippen LogP) is 4.07. The van der Waals surface area contributed by atoms with Crippen molar-refractivity contribution in [3.8, 4) is 22.6 Å². The zero-order chi connectivity index (χ0) is 19.8. The average Bonchev–Trinajstić information content (AvgIpc) is 2.65. The minimum Gasteiger partial charge on any atom is -0.423 e. The normalized spacial score (nSPS) is 17.5. The van der Waals surface area contributed by atoms with Crippen LogP contribution in [-0.2, 0) is 22.4 Å². The van der Waals surface area contributed by atoms with Crippen molar-refractivity contribution < 1.29 is 19.1 Å². The van der Waals surface area contributed by atoms with Gasteiger partial charge >= 0.3 is 11.9 Å². The molecule has 28 heavy (non-hydrogen) atoms. The molecule has 5 nitrogen and oxygen atoms in total. The molecule has 2 aliphatic rings. The fourth-order valence-electron chi connectivity index (χ4n) is 4.59. The van der Waals surface area contributed by atoms with E-state index in [4.69, 9.17) is 9.47 Å². The summed E-state index contributed by atoms with van der Waals surface area (Å²) in [6.45, 7) is 7.05. The van der Waals surface area contributed by atoms with Crippen LogP contribution in [0.5, 0.6) is 11.5 Å². The van der Waals surface area contributed by atoms with E-state index in [-0.39, 0.29) is 0 Å². The summed E-state index contributed by atoms with van der Waals surface area (Å²) in [5.41, 5.74) is 5.75. The van der Waals surface area contributed by atoms with Crippen LogP contribution >= 0.6 is 0 Å². The summed E-state index contributed by atoms with van der Waals surface area (Å²) in [4.78, 5) is 25.9. The first-order valence-corrected chi connectivity index (χ1v) is 9.88. The van der Waals surface area contributed by atoms with Gasteiger partial charge < -0.3 is 9.47 Å². The molecule has 1 heterocycles. The van der Waals surface area contributed by atoms with Gasteiger partial charge in [-0.3, -0.25) is 14.5 Å².